The van der Waals surface area contributed by atoms with E-state index in [4.69, 9.17) is 0 Å². The monoisotopic (exact) mass is 324 g/mol. The van der Waals surface area contributed by atoms with Crippen molar-refractivity contribution in [3.05, 3.63) is 48.0 Å². The largest absolute Gasteiger partial charge is 0.342 e. The second kappa shape index (κ2) is 6.75. The Kier molecular flexibility index (Phi) is 4.32. The van der Waals surface area contributed by atoms with Crippen molar-refractivity contribution >= 4 is 5.91 Å². The minimum absolute atomic E-state index is 0.239. The third-order valence-electron chi connectivity index (χ3n) is 5.16. The van der Waals surface area contributed by atoms with Gasteiger partial charge in [0.2, 0.25) is 5.91 Å². The van der Waals surface area contributed by atoms with Gasteiger partial charge >= 0.3 is 0 Å². The van der Waals surface area contributed by atoms with E-state index >= 15 is 0 Å². The number of likely N-dealkylation sites (tertiary alicyclic amines) is 1. The van der Waals surface area contributed by atoms with Crippen LogP contribution in [0.2, 0.25) is 0 Å². The van der Waals surface area contributed by atoms with Crippen molar-refractivity contribution in [3.63, 3.8) is 0 Å². The molecule has 1 atom stereocenters. The summed E-state index contributed by atoms with van der Waals surface area (Å²) in [5.74, 6) is 2.66. The molecule has 4 rings (SSSR count). The first-order chi connectivity index (χ1) is 11.8. The normalized spacial score (nSPS) is 20.5. The van der Waals surface area contributed by atoms with Gasteiger partial charge in [0, 0.05) is 26.1 Å². The molecule has 2 fully saturated rings. The predicted octanol–water partition coefficient (Wildman–Crippen LogP) is 2.32. The van der Waals surface area contributed by atoms with Gasteiger partial charge in [-0.3, -0.25) is 4.79 Å². The molecule has 5 heteroatoms. The first-order valence-electron chi connectivity index (χ1n) is 8.96. The molecule has 2 aromatic rings. The van der Waals surface area contributed by atoms with E-state index in [1.54, 1.807) is 0 Å². The summed E-state index contributed by atoms with van der Waals surface area (Å²) < 4.78 is 2.21. The van der Waals surface area contributed by atoms with Crippen LogP contribution in [0.25, 0.3) is 0 Å². The van der Waals surface area contributed by atoms with Gasteiger partial charge in [0.25, 0.3) is 0 Å². The zero-order valence-electron chi connectivity index (χ0n) is 14.0. The molecule has 5 nitrogen and oxygen atoms in total. The van der Waals surface area contributed by atoms with Gasteiger partial charge in [-0.25, -0.2) is 0 Å². The standard InChI is InChI=1S/C19H24N4O/c24-19(11-15-4-2-1-3-5-15)22-9-8-17(13-22)10-18-21-20-14-23(18)12-16-6-7-16/h1-5,14,16-17H,6-13H2. The molecule has 0 bridgehead atoms. The summed E-state index contributed by atoms with van der Waals surface area (Å²) in [5, 5.41) is 8.40. The van der Waals surface area contributed by atoms with E-state index in [9.17, 15) is 4.79 Å². The van der Waals surface area contributed by atoms with E-state index in [0.717, 1.165) is 49.8 Å². The summed E-state index contributed by atoms with van der Waals surface area (Å²) in [4.78, 5) is 14.5. The molecule has 1 saturated heterocycles. The van der Waals surface area contributed by atoms with Crippen molar-refractivity contribution in [2.75, 3.05) is 13.1 Å². The highest BCUT2D eigenvalue weighted by Crippen LogP contribution is 2.31. The fourth-order valence-corrected chi connectivity index (χ4v) is 3.53. The lowest BCUT2D eigenvalue weighted by molar-refractivity contribution is -0.129. The number of carbonyl (C=O) groups excluding carboxylic acids is 1. The lowest BCUT2D eigenvalue weighted by atomic mass is 10.0. The summed E-state index contributed by atoms with van der Waals surface area (Å²) in [7, 11) is 0. The molecule has 1 saturated carbocycles. The maximum Gasteiger partial charge on any atom is 0.226 e. The molecule has 1 amide bonds. The molecule has 2 aliphatic rings. The van der Waals surface area contributed by atoms with E-state index in [0.29, 0.717) is 12.3 Å². The van der Waals surface area contributed by atoms with Crippen molar-refractivity contribution < 1.29 is 4.79 Å². The molecule has 126 valence electrons. The number of hydrogen-bond acceptors (Lipinski definition) is 3. The van der Waals surface area contributed by atoms with Crippen molar-refractivity contribution in [2.24, 2.45) is 11.8 Å². The van der Waals surface area contributed by atoms with Crippen LogP contribution in [0.15, 0.2) is 36.7 Å². The quantitative estimate of drug-likeness (QED) is 0.819. The Balaban J connectivity index is 1.31. The number of rotatable bonds is 6. The van der Waals surface area contributed by atoms with Crippen LogP contribution in [-0.4, -0.2) is 38.7 Å². The van der Waals surface area contributed by atoms with E-state index in [-0.39, 0.29) is 5.91 Å². The van der Waals surface area contributed by atoms with Crippen LogP contribution in [0.1, 0.15) is 30.7 Å². The molecule has 2 heterocycles. The summed E-state index contributed by atoms with van der Waals surface area (Å²) in [6.07, 6.45) is 7.04. The second-order valence-electron chi connectivity index (χ2n) is 7.20. The highest BCUT2D eigenvalue weighted by atomic mass is 16.2. The van der Waals surface area contributed by atoms with Gasteiger partial charge in [0.15, 0.2) is 0 Å². The van der Waals surface area contributed by atoms with Crippen molar-refractivity contribution in [3.8, 4) is 0 Å². The highest BCUT2D eigenvalue weighted by Gasteiger charge is 2.28. The van der Waals surface area contributed by atoms with Crippen LogP contribution in [0, 0.1) is 11.8 Å². The average Bonchev–Trinajstić information content (AvgIpc) is 3.11. The maximum atomic E-state index is 12.5. The Morgan fingerprint density at radius 2 is 1.96 bits per heavy atom. The van der Waals surface area contributed by atoms with E-state index < -0.39 is 0 Å². The number of hydrogen-bond donors (Lipinski definition) is 0. The predicted molar refractivity (Wildman–Crippen MR) is 91.3 cm³/mol. The Bertz CT molecular complexity index is 692. The molecular weight excluding hydrogens is 300 g/mol. The zero-order valence-corrected chi connectivity index (χ0v) is 14.0. The molecule has 1 aromatic heterocycles. The van der Waals surface area contributed by atoms with Crippen molar-refractivity contribution in [1.82, 2.24) is 19.7 Å². The zero-order chi connectivity index (χ0) is 16.4. The van der Waals surface area contributed by atoms with E-state index in [1.807, 2.05) is 41.6 Å². The molecule has 1 unspecified atom stereocenters. The number of benzene rings is 1. The Morgan fingerprint density at radius 3 is 2.75 bits per heavy atom. The third kappa shape index (κ3) is 3.66. The van der Waals surface area contributed by atoms with E-state index in [2.05, 4.69) is 14.8 Å². The minimum Gasteiger partial charge on any atom is -0.342 e. The Morgan fingerprint density at radius 1 is 1.12 bits per heavy atom. The second-order valence-corrected chi connectivity index (χ2v) is 7.20. The van der Waals surface area contributed by atoms with E-state index in [1.165, 1.54) is 12.8 Å². The number of nitrogens with zero attached hydrogens (tertiary/aromatic N) is 4. The smallest absolute Gasteiger partial charge is 0.226 e. The van der Waals surface area contributed by atoms with Crippen molar-refractivity contribution in [1.29, 1.82) is 0 Å². The molecule has 0 radical (unpaired) electrons. The minimum atomic E-state index is 0.239. The van der Waals surface area contributed by atoms with Crippen LogP contribution in [0.5, 0.6) is 0 Å². The molecule has 0 spiro atoms. The van der Waals surface area contributed by atoms with Gasteiger partial charge in [-0.2, -0.15) is 0 Å². The van der Waals surface area contributed by atoms with Crippen molar-refractivity contribution in [2.45, 2.75) is 38.6 Å². The van der Waals surface area contributed by atoms with Gasteiger partial charge < -0.3 is 9.47 Å². The molecule has 24 heavy (non-hydrogen) atoms. The van der Waals surface area contributed by atoms with Crippen LogP contribution in [0.4, 0.5) is 0 Å². The van der Waals surface area contributed by atoms with Gasteiger partial charge in [-0.1, -0.05) is 30.3 Å². The number of aromatic nitrogens is 3. The molecule has 1 aliphatic carbocycles. The fraction of sp³-hybridized carbons (Fsp3) is 0.526. The summed E-state index contributed by atoms with van der Waals surface area (Å²) in [5.41, 5.74) is 1.09. The van der Waals surface area contributed by atoms with Crippen LogP contribution in [0.3, 0.4) is 0 Å². The topological polar surface area (TPSA) is 51.0 Å². The van der Waals surface area contributed by atoms with Crippen LogP contribution >= 0.6 is 0 Å². The van der Waals surface area contributed by atoms with Crippen LogP contribution in [-0.2, 0) is 24.2 Å². The van der Waals surface area contributed by atoms with Gasteiger partial charge in [-0.05, 0) is 36.7 Å². The number of amides is 1. The number of carbonyl (C=O) groups is 1. The summed E-state index contributed by atoms with van der Waals surface area (Å²) >= 11 is 0. The lowest BCUT2D eigenvalue weighted by Crippen LogP contribution is -2.30. The average molecular weight is 324 g/mol. The molecule has 1 aromatic carbocycles. The summed E-state index contributed by atoms with van der Waals surface area (Å²) in [6, 6.07) is 10.00. The molecular formula is C19H24N4O. The fourth-order valence-electron chi connectivity index (χ4n) is 3.53. The third-order valence-corrected chi connectivity index (χ3v) is 5.16. The van der Waals surface area contributed by atoms with Gasteiger partial charge in [0.05, 0.1) is 6.42 Å². The molecule has 1 aliphatic heterocycles. The highest BCUT2D eigenvalue weighted by molar-refractivity contribution is 5.79. The summed E-state index contributed by atoms with van der Waals surface area (Å²) in [6.45, 7) is 2.78. The maximum absolute atomic E-state index is 12.5. The van der Waals surface area contributed by atoms with Gasteiger partial charge in [0.1, 0.15) is 12.2 Å². The lowest BCUT2D eigenvalue weighted by Gasteiger charge is -2.16. The Labute approximate surface area is 142 Å². The molecule has 0 N–H and O–H groups in total. The first kappa shape index (κ1) is 15.4. The first-order valence-corrected chi connectivity index (χ1v) is 8.96. The van der Waals surface area contributed by atoms with Crippen LogP contribution < -0.4 is 0 Å². The van der Waals surface area contributed by atoms with Gasteiger partial charge in [-0.15, -0.1) is 10.2 Å². The Hall–Kier alpha value is -2.17. The SMILES string of the molecule is O=C(Cc1ccccc1)N1CCC(Cc2nncn2CC2CC2)C1.